The third-order valence-corrected chi connectivity index (χ3v) is 9.77. The molecule has 2 saturated heterocycles. The molecule has 1 N–H and O–H groups in total. The Morgan fingerprint density at radius 3 is 2.43 bits per heavy atom. The zero-order valence-electron chi connectivity index (χ0n) is 27.3. The molecule has 254 valence electrons. The first-order chi connectivity index (χ1) is 23.9. The molecular weight excluding hydrogens is 661 g/mol. The molecule has 0 bridgehead atoms. The number of carboxylic acid groups (broad SMARTS) is 1. The molecule has 2 heterocycles. The van der Waals surface area contributed by atoms with E-state index in [1.807, 2.05) is 24.3 Å². The van der Waals surface area contributed by atoms with Crippen LogP contribution in [0.25, 0.3) is 28.0 Å². The van der Waals surface area contributed by atoms with Gasteiger partial charge in [0.2, 0.25) is 0 Å². The predicted octanol–water partition coefficient (Wildman–Crippen LogP) is 6.52. The van der Waals surface area contributed by atoms with E-state index in [4.69, 9.17) is 36.3 Å². The third kappa shape index (κ3) is 8.79. The van der Waals surface area contributed by atoms with Gasteiger partial charge in [-0.3, -0.25) is 19.4 Å². The van der Waals surface area contributed by atoms with Crippen LogP contribution in [-0.2, 0) is 20.7 Å². The zero-order valence-corrected chi connectivity index (χ0v) is 28.9. The molecule has 0 radical (unpaired) electrons. The number of hydrogen-bond donors (Lipinski definition) is 1. The van der Waals surface area contributed by atoms with E-state index < -0.39 is 5.97 Å². The van der Waals surface area contributed by atoms with Crippen molar-refractivity contribution < 1.29 is 33.6 Å². The van der Waals surface area contributed by atoms with Gasteiger partial charge >= 0.3 is 5.97 Å². The van der Waals surface area contributed by atoms with Crippen molar-refractivity contribution in [3.63, 3.8) is 0 Å². The van der Waals surface area contributed by atoms with Crippen LogP contribution >= 0.6 is 24.0 Å². The van der Waals surface area contributed by atoms with E-state index in [1.165, 1.54) is 24.3 Å². The number of thiocarbonyl (C=S) groups is 1. The number of amides is 1. The van der Waals surface area contributed by atoms with Crippen LogP contribution in [0.3, 0.4) is 0 Å². The summed E-state index contributed by atoms with van der Waals surface area (Å²) in [5.41, 5.74) is 3.52. The lowest BCUT2D eigenvalue weighted by molar-refractivity contribution is -0.136. The summed E-state index contributed by atoms with van der Waals surface area (Å²) in [4.78, 5) is 29.2. The third-order valence-electron chi connectivity index (χ3n) is 8.39. The normalized spacial score (nSPS) is 16.0. The van der Waals surface area contributed by atoms with Gasteiger partial charge in [-0.1, -0.05) is 72.5 Å². The topological polar surface area (TPSA) is 97.8 Å². The van der Waals surface area contributed by atoms with Crippen LogP contribution in [0.5, 0.6) is 17.2 Å². The van der Waals surface area contributed by atoms with E-state index >= 15 is 0 Å². The van der Waals surface area contributed by atoms with E-state index in [9.17, 15) is 9.59 Å². The molecule has 2 aliphatic rings. The number of aliphatic carboxylic acids is 1. The monoisotopic (exact) mass is 698 g/mol. The molecule has 6 rings (SSSR count). The van der Waals surface area contributed by atoms with Crippen molar-refractivity contribution in [2.45, 2.75) is 12.8 Å². The fourth-order valence-electron chi connectivity index (χ4n) is 5.81. The number of morpholine rings is 1. The Morgan fingerprint density at radius 2 is 1.63 bits per heavy atom. The Balaban J connectivity index is 1.16. The summed E-state index contributed by atoms with van der Waals surface area (Å²) in [5, 5.41) is 11.5. The van der Waals surface area contributed by atoms with Crippen LogP contribution < -0.4 is 14.2 Å². The molecule has 1 amide bonds. The fourth-order valence-corrected chi connectivity index (χ4v) is 7.11. The van der Waals surface area contributed by atoms with Crippen LogP contribution in [-0.4, -0.2) is 90.8 Å². The average Bonchev–Trinajstić information content (AvgIpc) is 3.38. The van der Waals surface area contributed by atoms with Gasteiger partial charge in [-0.2, -0.15) is 0 Å². The molecule has 4 aromatic rings. The Bertz CT molecular complexity index is 1870. The quantitative estimate of drug-likeness (QED) is 0.0891. The van der Waals surface area contributed by atoms with Gasteiger partial charge in [-0.05, 0) is 70.3 Å². The van der Waals surface area contributed by atoms with Gasteiger partial charge in [-0.25, -0.2) is 0 Å². The maximum atomic E-state index is 13.6. The predicted molar refractivity (Wildman–Crippen MR) is 196 cm³/mol. The van der Waals surface area contributed by atoms with Crippen molar-refractivity contribution in [2.24, 2.45) is 0 Å². The molecule has 2 fully saturated rings. The second kappa shape index (κ2) is 16.3. The molecule has 9 nitrogen and oxygen atoms in total. The second-order valence-corrected chi connectivity index (χ2v) is 13.4. The smallest absolute Gasteiger partial charge is 0.307 e. The van der Waals surface area contributed by atoms with Crippen LogP contribution in [0.2, 0.25) is 0 Å². The van der Waals surface area contributed by atoms with Crippen molar-refractivity contribution in [3.05, 3.63) is 94.9 Å². The maximum absolute atomic E-state index is 13.6. The highest BCUT2D eigenvalue weighted by molar-refractivity contribution is 8.26. The van der Waals surface area contributed by atoms with E-state index in [-0.39, 0.29) is 18.9 Å². The highest BCUT2D eigenvalue weighted by Gasteiger charge is 2.32. The van der Waals surface area contributed by atoms with Crippen LogP contribution in [0.4, 0.5) is 0 Å². The summed E-state index contributed by atoms with van der Waals surface area (Å²) in [6, 6.07) is 25.8. The number of thioether (sulfide) groups is 1. The molecular formula is C38H38N2O7S2. The summed E-state index contributed by atoms with van der Waals surface area (Å²) in [7, 11) is 1.53. The highest BCUT2D eigenvalue weighted by atomic mass is 32.2. The van der Waals surface area contributed by atoms with Gasteiger partial charge in [-0.15, -0.1) is 0 Å². The standard InChI is InChI=1S/C38H38N2O7S2/c1-44-33-11-7-26(22-36(41)42)21-34(33)46-17-4-13-40-37(43)35(49-38(40)48)25-31-24-30(29-9-8-27-5-2-3-6-28(27)23-29)10-12-32(31)47-20-16-39-14-18-45-19-15-39/h2-3,5-12,21,23-25H,4,13-20,22H2,1H3,(H,41,42). The largest absolute Gasteiger partial charge is 0.493 e. The van der Waals surface area contributed by atoms with Crippen LogP contribution in [0, 0.1) is 0 Å². The number of fused-ring (bicyclic) bond motifs is 1. The molecule has 0 unspecified atom stereocenters. The number of methoxy groups -OCH3 is 1. The van der Waals surface area contributed by atoms with E-state index in [2.05, 4.69) is 47.4 Å². The first-order valence-corrected chi connectivity index (χ1v) is 17.4. The Labute approximate surface area is 295 Å². The number of ether oxygens (including phenoxy) is 4. The van der Waals surface area contributed by atoms with Gasteiger partial charge in [0.25, 0.3) is 5.91 Å². The first kappa shape index (κ1) is 34.4. The molecule has 49 heavy (non-hydrogen) atoms. The minimum absolute atomic E-state index is 0.116. The number of carbonyl (C=O) groups excluding carboxylic acids is 1. The number of carbonyl (C=O) groups is 2. The van der Waals surface area contributed by atoms with Gasteiger partial charge in [0.05, 0.1) is 38.3 Å². The van der Waals surface area contributed by atoms with E-state index in [0.717, 1.165) is 54.9 Å². The summed E-state index contributed by atoms with van der Waals surface area (Å²) in [6.07, 6.45) is 2.28. The molecule has 0 atom stereocenters. The van der Waals surface area contributed by atoms with Crippen molar-refractivity contribution in [1.29, 1.82) is 0 Å². The Hall–Kier alpha value is -4.42. The average molecular weight is 699 g/mol. The van der Waals surface area contributed by atoms with E-state index in [1.54, 1.807) is 23.1 Å². The molecule has 2 aliphatic heterocycles. The Kier molecular flexibility index (Phi) is 11.5. The van der Waals surface area contributed by atoms with Crippen molar-refractivity contribution in [3.8, 4) is 28.4 Å². The molecule has 0 aliphatic carbocycles. The lowest BCUT2D eigenvalue weighted by Gasteiger charge is -2.26. The minimum atomic E-state index is -0.925. The van der Waals surface area contributed by atoms with Gasteiger partial charge in [0.1, 0.15) is 16.7 Å². The Morgan fingerprint density at radius 1 is 0.898 bits per heavy atom. The van der Waals surface area contributed by atoms with Crippen LogP contribution in [0.15, 0.2) is 83.8 Å². The van der Waals surface area contributed by atoms with Gasteiger partial charge in [0, 0.05) is 31.7 Å². The second-order valence-electron chi connectivity index (χ2n) is 11.7. The number of nitrogens with zero attached hydrogens (tertiary/aromatic N) is 2. The van der Waals surface area contributed by atoms with Crippen molar-refractivity contribution >= 4 is 57.0 Å². The summed E-state index contributed by atoms with van der Waals surface area (Å²) in [5.74, 6) is 0.586. The SMILES string of the molecule is COc1ccc(CC(=O)O)cc1OCCCN1C(=O)C(=Cc2cc(-c3ccc4ccccc4c3)ccc2OCCN2CCOCC2)SC1=S. The van der Waals surface area contributed by atoms with Crippen LogP contribution in [0.1, 0.15) is 17.5 Å². The molecule has 0 aromatic heterocycles. The fraction of sp³-hybridized carbons (Fsp3) is 0.289. The molecule has 0 spiro atoms. The van der Waals surface area contributed by atoms with Crippen molar-refractivity contribution in [1.82, 2.24) is 9.80 Å². The van der Waals surface area contributed by atoms with Gasteiger partial charge in [0.15, 0.2) is 11.5 Å². The lowest BCUT2D eigenvalue weighted by atomic mass is 9.99. The maximum Gasteiger partial charge on any atom is 0.307 e. The molecule has 0 saturated carbocycles. The van der Waals surface area contributed by atoms with Crippen molar-refractivity contribution in [2.75, 3.05) is 59.7 Å². The number of carboxylic acids is 1. The zero-order chi connectivity index (χ0) is 34.2. The molecule has 4 aromatic carbocycles. The highest BCUT2D eigenvalue weighted by Crippen LogP contribution is 2.36. The summed E-state index contributed by atoms with van der Waals surface area (Å²) < 4.78 is 23.6. The minimum Gasteiger partial charge on any atom is -0.493 e. The van der Waals surface area contributed by atoms with Gasteiger partial charge < -0.3 is 24.1 Å². The number of rotatable bonds is 14. The number of benzene rings is 4. The summed E-state index contributed by atoms with van der Waals surface area (Å²) >= 11 is 6.92. The van der Waals surface area contributed by atoms with E-state index in [0.29, 0.717) is 51.6 Å². The summed E-state index contributed by atoms with van der Waals surface area (Å²) in [6.45, 7) is 5.19. The number of hydrogen-bond acceptors (Lipinski definition) is 9. The first-order valence-electron chi connectivity index (χ1n) is 16.2. The molecule has 11 heteroatoms. The lowest BCUT2D eigenvalue weighted by Crippen LogP contribution is -2.38.